The number of ether oxygens (including phenoxy) is 1. The number of benzene rings is 1. The number of carboxylic acid groups (broad SMARTS) is 1. The molecule has 0 fully saturated rings. The molecule has 0 aliphatic heterocycles. The van der Waals surface area contributed by atoms with E-state index in [1.54, 1.807) is 36.5 Å². The van der Waals surface area contributed by atoms with Crippen LogP contribution < -0.4 is 4.74 Å². The lowest BCUT2D eigenvalue weighted by atomic mass is 10.2. The Hall–Kier alpha value is -2.25. The van der Waals surface area contributed by atoms with Gasteiger partial charge in [-0.3, -0.25) is 0 Å². The first-order chi connectivity index (χ1) is 11.6. The minimum atomic E-state index is -1.88. The molecule has 0 aliphatic carbocycles. The number of para-hydroxylation sites is 1. The van der Waals surface area contributed by atoms with Crippen LogP contribution in [-0.2, 0) is 11.0 Å². The maximum absolute atomic E-state index is 10.8. The summed E-state index contributed by atoms with van der Waals surface area (Å²) in [6.07, 6.45) is 0.273. The molecule has 1 aromatic heterocycles. The van der Waals surface area contributed by atoms with Crippen molar-refractivity contribution >= 4 is 14.5 Å². The van der Waals surface area contributed by atoms with Gasteiger partial charge in [-0.05, 0) is 36.3 Å². The van der Waals surface area contributed by atoms with Crippen LogP contribution in [0.2, 0.25) is 18.1 Å². The maximum atomic E-state index is 10.8. The summed E-state index contributed by atoms with van der Waals surface area (Å²) in [5.41, 5.74) is 1.28. The van der Waals surface area contributed by atoms with Gasteiger partial charge < -0.3 is 14.3 Å². The van der Waals surface area contributed by atoms with Crippen molar-refractivity contribution in [3.63, 3.8) is 0 Å². The maximum Gasteiger partial charge on any atom is 0.511 e. The standard InChI is InChI=1S/C18H24N2O4Si/c1-18(2,3)25(4,5)23-12-13-10-11-19-16(20-13)14-8-6-7-9-15(14)24-17(21)22/h6-11H,12H2,1-5H3,(H,21,22). The zero-order valence-electron chi connectivity index (χ0n) is 15.2. The number of carbonyl (C=O) groups is 1. The number of nitrogens with zero attached hydrogens (tertiary/aromatic N) is 2. The van der Waals surface area contributed by atoms with Crippen molar-refractivity contribution in [1.29, 1.82) is 0 Å². The fraction of sp³-hybridized carbons (Fsp3) is 0.389. The number of hydrogen-bond donors (Lipinski definition) is 1. The lowest BCUT2D eigenvalue weighted by Crippen LogP contribution is -2.40. The predicted octanol–water partition coefficient (Wildman–Crippen LogP) is 4.72. The van der Waals surface area contributed by atoms with Crippen molar-refractivity contribution in [3.8, 4) is 17.1 Å². The molecular formula is C18H24N2O4Si. The molecular weight excluding hydrogens is 336 g/mol. The van der Waals surface area contributed by atoms with Crippen LogP contribution in [0, 0.1) is 0 Å². The molecule has 6 nitrogen and oxygen atoms in total. The molecule has 0 saturated carbocycles. The molecule has 0 amide bonds. The molecule has 0 aliphatic rings. The van der Waals surface area contributed by atoms with Gasteiger partial charge in [0.25, 0.3) is 0 Å². The van der Waals surface area contributed by atoms with Crippen LogP contribution in [0.25, 0.3) is 11.4 Å². The molecule has 1 aromatic carbocycles. The molecule has 7 heteroatoms. The largest absolute Gasteiger partial charge is 0.511 e. The highest BCUT2D eigenvalue weighted by Crippen LogP contribution is 2.37. The van der Waals surface area contributed by atoms with Gasteiger partial charge in [-0.15, -0.1) is 0 Å². The zero-order valence-corrected chi connectivity index (χ0v) is 16.2. The van der Waals surface area contributed by atoms with E-state index in [1.165, 1.54) is 0 Å². The first-order valence-corrected chi connectivity index (χ1v) is 11.0. The lowest BCUT2D eigenvalue weighted by molar-refractivity contribution is 0.144. The second kappa shape index (κ2) is 7.33. The summed E-state index contributed by atoms with van der Waals surface area (Å²) in [6.45, 7) is 11.3. The van der Waals surface area contributed by atoms with Crippen LogP contribution in [0.4, 0.5) is 4.79 Å². The Morgan fingerprint density at radius 2 is 1.88 bits per heavy atom. The second-order valence-corrected chi connectivity index (χ2v) is 12.1. The van der Waals surface area contributed by atoms with Gasteiger partial charge in [-0.25, -0.2) is 14.8 Å². The van der Waals surface area contributed by atoms with Crippen molar-refractivity contribution in [2.75, 3.05) is 0 Å². The first kappa shape index (κ1) is 19.1. The second-order valence-electron chi connectivity index (χ2n) is 7.28. The highest BCUT2D eigenvalue weighted by atomic mass is 28.4. The Morgan fingerprint density at radius 3 is 2.52 bits per heavy atom. The van der Waals surface area contributed by atoms with E-state index in [2.05, 4.69) is 43.8 Å². The topological polar surface area (TPSA) is 81.5 Å². The normalized spacial score (nSPS) is 12.0. The molecule has 0 spiro atoms. The quantitative estimate of drug-likeness (QED) is 0.472. The molecule has 2 aromatic rings. The van der Waals surface area contributed by atoms with Crippen molar-refractivity contribution in [2.45, 2.75) is 45.5 Å². The van der Waals surface area contributed by atoms with Crippen LogP contribution in [0.1, 0.15) is 26.5 Å². The SMILES string of the molecule is CC(C)(C)[Si](C)(C)OCc1ccnc(-c2ccccc2OC(=O)O)n1. The van der Waals surface area contributed by atoms with Crippen molar-refractivity contribution in [2.24, 2.45) is 0 Å². The van der Waals surface area contributed by atoms with Crippen LogP contribution in [-0.4, -0.2) is 29.5 Å². The van der Waals surface area contributed by atoms with Crippen LogP contribution in [0.5, 0.6) is 5.75 Å². The van der Waals surface area contributed by atoms with Crippen molar-refractivity contribution < 1.29 is 19.1 Å². The van der Waals surface area contributed by atoms with E-state index in [0.717, 1.165) is 5.69 Å². The van der Waals surface area contributed by atoms with Gasteiger partial charge in [0, 0.05) is 6.20 Å². The minimum Gasteiger partial charge on any atom is -0.449 e. The minimum absolute atomic E-state index is 0.116. The average Bonchev–Trinajstić information content (AvgIpc) is 2.52. The van der Waals surface area contributed by atoms with Gasteiger partial charge >= 0.3 is 6.16 Å². The Bertz CT molecular complexity index is 757. The molecule has 0 atom stereocenters. The number of hydrogen-bond acceptors (Lipinski definition) is 5. The predicted molar refractivity (Wildman–Crippen MR) is 98.1 cm³/mol. The van der Waals surface area contributed by atoms with Gasteiger partial charge in [0.15, 0.2) is 14.1 Å². The highest BCUT2D eigenvalue weighted by Gasteiger charge is 2.37. The molecule has 0 saturated heterocycles. The van der Waals surface area contributed by atoms with E-state index in [0.29, 0.717) is 18.0 Å². The van der Waals surface area contributed by atoms with E-state index >= 15 is 0 Å². The summed E-state index contributed by atoms with van der Waals surface area (Å²) in [5, 5.41) is 8.98. The van der Waals surface area contributed by atoms with Gasteiger partial charge in [0.1, 0.15) is 5.75 Å². The Kier molecular flexibility index (Phi) is 5.59. The van der Waals surface area contributed by atoms with Crippen LogP contribution >= 0.6 is 0 Å². The third kappa shape index (κ3) is 4.87. The summed E-state index contributed by atoms with van der Waals surface area (Å²) in [4.78, 5) is 19.6. The van der Waals surface area contributed by atoms with E-state index in [4.69, 9.17) is 14.3 Å². The monoisotopic (exact) mass is 360 g/mol. The lowest BCUT2D eigenvalue weighted by Gasteiger charge is -2.36. The summed E-state index contributed by atoms with van der Waals surface area (Å²) >= 11 is 0. The highest BCUT2D eigenvalue weighted by molar-refractivity contribution is 6.74. The van der Waals surface area contributed by atoms with Crippen molar-refractivity contribution in [3.05, 3.63) is 42.2 Å². The molecule has 0 unspecified atom stereocenters. The Balaban J connectivity index is 2.24. The molecule has 1 heterocycles. The van der Waals surface area contributed by atoms with E-state index in [1.807, 2.05) is 0 Å². The molecule has 1 N–H and O–H groups in total. The molecule has 2 rings (SSSR count). The van der Waals surface area contributed by atoms with E-state index < -0.39 is 14.5 Å². The fourth-order valence-corrected chi connectivity index (χ4v) is 2.85. The average molecular weight is 360 g/mol. The summed E-state index contributed by atoms with van der Waals surface area (Å²) < 4.78 is 11.0. The first-order valence-electron chi connectivity index (χ1n) is 8.06. The van der Waals surface area contributed by atoms with Gasteiger partial charge in [0.05, 0.1) is 17.9 Å². The van der Waals surface area contributed by atoms with Gasteiger partial charge in [0.2, 0.25) is 0 Å². The summed E-state index contributed by atoms with van der Waals surface area (Å²) in [6, 6.07) is 8.59. The number of rotatable bonds is 5. The molecule has 134 valence electrons. The summed E-state index contributed by atoms with van der Waals surface area (Å²) in [5.74, 6) is 0.616. The molecule has 25 heavy (non-hydrogen) atoms. The summed E-state index contributed by atoms with van der Waals surface area (Å²) in [7, 11) is -1.88. The Morgan fingerprint density at radius 1 is 1.20 bits per heavy atom. The Labute approximate surface area is 149 Å². The van der Waals surface area contributed by atoms with E-state index in [9.17, 15) is 4.79 Å². The van der Waals surface area contributed by atoms with Gasteiger partial charge in [-0.1, -0.05) is 32.9 Å². The van der Waals surface area contributed by atoms with Crippen LogP contribution in [0.15, 0.2) is 36.5 Å². The number of aromatic nitrogens is 2. The zero-order chi connectivity index (χ0) is 18.7. The fourth-order valence-electron chi connectivity index (χ4n) is 1.91. The third-order valence-electron chi connectivity index (χ3n) is 4.43. The van der Waals surface area contributed by atoms with Gasteiger partial charge in [-0.2, -0.15) is 0 Å². The smallest absolute Gasteiger partial charge is 0.449 e. The molecule has 0 bridgehead atoms. The molecule has 0 radical (unpaired) electrons. The van der Waals surface area contributed by atoms with E-state index in [-0.39, 0.29) is 10.8 Å². The van der Waals surface area contributed by atoms with Crippen molar-refractivity contribution in [1.82, 2.24) is 9.97 Å². The third-order valence-corrected chi connectivity index (χ3v) is 8.90. The van der Waals surface area contributed by atoms with Crippen LogP contribution in [0.3, 0.4) is 0 Å².